The molecule has 2 nitrogen and oxygen atoms in total. The van der Waals surface area contributed by atoms with Crippen molar-refractivity contribution in [1.82, 2.24) is 5.48 Å². The number of benzene rings is 2. The Balaban J connectivity index is 2.19. The minimum Gasteiger partial charge on any atom is -0.316 e. The summed E-state index contributed by atoms with van der Waals surface area (Å²) in [6.45, 7) is 0. The van der Waals surface area contributed by atoms with Crippen molar-refractivity contribution in [2.75, 3.05) is 0 Å². The minimum absolute atomic E-state index is 0.107. The Labute approximate surface area is 101 Å². The van der Waals surface area contributed by atoms with E-state index in [1.54, 1.807) is 0 Å². The van der Waals surface area contributed by atoms with Gasteiger partial charge in [-0.25, -0.2) is 0 Å². The molecule has 0 heterocycles. The molecule has 0 fully saturated rings. The molecule has 2 N–H and O–H groups in total. The Morgan fingerprint density at radius 3 is 1.76 bits per heavy atom. The molecule has 0 saturated heterocycles. The van der Waals surface area contributed by atoms with Gasteiger partial charge in [-0.05, 0) is 35.1 Å². The van der Waals surface area contributed by atoms with Crippen LogP contribution in [0.5, 0.6) is 0 Å². The van der Waals surface area contributed by atoms with Crippen molar-refractivity contribution in [1.29, 1.82) is 0 Å². The lowest BCUT2D eigenvalue weighted by molar-refractivity contribution is 0.141. The van der Waals surface area contributed by atoms with Gasteiger partial charge >= 0.3 is 0 Å². The standard InChI is InChI=1S/C15H15NO/c17-16-15-13-7-3-1-5-11(13)9-10-12-6-2-4-8-14(12)15/h1-8,15-17H,9-10H2. The van der Waals surface area contributed by atoms with Crippen LogP contribution in [0.3, 0.4) is 0 Å². The third kappa shape index (κ3) is 1.75. The molecule has 0 unspecified atom stereocenters. The van der Waals surface area contributed by atoms with Crippen LogP contribution in [-0.4, -0.2) is 5.21 Å². The van der Waals surface area contributed by atoms with Crippen LogP contribution in [0.25, 0.3) is 0 Å². The maximum absolute atomic E-state index is 9.46. The smallest absolute Gasteiger partial charge is 0.0824 e. The van der Waals surface area contributed by atoms with E-state index in [0.717, 1.165) is 12.8 Å². The highest BCUT2D eigenvalue weighted by atomic mass is 16.5. The van der Waals surface area contributed by atoms with E-state index >= 15 is 0 Å². The average molecular weight is 225 g/mol. The molecule has 0 bridgehead atoms. The summed E-state index contributed by atoms with van der Waals surface area (Å²) in [5.41, 5.74) is 7.45. The van der Waals surface area contributed by atoms with E-state index in [0.29, 0.717) is 0 Å². The van der Waals surface area contributed by atoms with Gasteiger partial charge in [0.05, 0.1) is 6.04 Å². The van der Waals surface area contributed by atoms with Crippen molar-refractivity contribution >= 4 is 0 Å². The fourth-order valence-corrected chi connectivity index (χ4v) is 2.66. The fourth-order valence-electron chi connectivity index (χ4n) is 2.66. The van der Waals surface area contributed by atoms with Gasteiger partial charge in [0.25, 0.3) is 0 Å². The van der Waals surface area contributed by atoms with Crippen molar-refractivity contribution in [2.45, 2.75) is 18.9 Å². The van der Waals surface area contributed by atoms with Gasteiger partial charge in [0, 0.05) is 0 Å². The summed E-state index contributed by atoms with van der Waals surface area (Å²) in [5.74, 6) is 0. The summed E-state index contributed by atoms with van der Waals surface area (Å²) in [5, 5.41) is 9.46. The van der Waals surface area contributed by atoms with E-state index in [2.05, 4.69) is 41.9 Å². The quantitative estimate of drug-likeness (QED) is 0.731. The van der Waals surface area contributed by atoms with Crippen LogP contribution in [-0.2, 0) is 12.8 Å². The monoisotopic (exact) mass is 225 g/mol. The molecule has 2 heteroatoms. The second-order valence-corrected chi connectivity index (χ2v) is 4.46. The zero-order chi connectivity index (χ0) is 11.7. The van der Waals surface area contributed by atoms with E-state index in [-0.39, 0.29) is 6.04 Å². The van der Waals surface area contributed by atoms with Crippen molar-refractivity contribution in [3.63, 3.8) is 0 Å². The van der Waals surface area contributed by atoms with Crippen LogP contribution in [0.4, 0.5) is 0 Å². The maximum atomic E-state index is 9.46. The molecule has 0 radical (unpaired) electrons. The van der Waals surface area contributed by atoms with Gasteiger partial charge < -0.3 is 5.21 Å². The highest BCUT2D eigenvalue weighted by molar-refractivity contribution is 5.43. The largest absolute Gasteiger partial charge is 0.316 e. The predicted octanol–water partition coefficient (Wildman–Crippen LogP) is 2.85. The Morgan fingerprint density at radius 1 is 0.824 bits per heavy atom. The lowest BCUT2D eigenvalue weighted by atomic mass is 9.95. The second-order valence-electron chi connectivity index (χ2n) is 4.46. The van der Waals surface area contributed by atoms with E-state index in [9.17, 15) is 5.21 Å². The van der Waals surface area contributed by atoms with Crippen molar-refractivity contribution in [3.05, 3.63) is 70.8 Å². The van der Waals surface area contributed by atoms with Crippen molar-refractivity contribution in [3.8, 4) is 0 Å². The van der Waals surface area contributed by atoms with E-state index in [1.165, 1.54) is 22.3 Å². The van der Waals surface area contributed by atoms with Crippen LogP contribution in [0.15, 0.2) is 48.5 Å². The molecule has 0 saturated carbocycles. The molecule has 3 rings (SSSR count). The Hall–Kier alpha value is -1.64. The maximum Gasteiger partial charge on any atom is 0.0824 e. The number of fused-ring (bicyclic) bond motifs is 2. The molecule has 0 aromatic heterocycles. The molecule has 0 aliphatic heterocycles. The molecule has 1 aliphatic rings. The molecular formula is C15H15NO. The molecule has 0 spiro atoms. The Morgan fingerprint density at radius 2 is 1.29 bits per heavy atom. The van der Waals surface area contributed by atoms with Gasteiger partial charge in [-0.1, -0.05) is 48.5 Å². The summed E-state index contributed by atoms with van der Waals surface area (Å²) in [6, 6.07) is 16.5. The highest BCUT2D eigenvalue weighted by Gasteiger charge is 2.22. The Bertz CT molecular complexity index is 488. The zero-order valence-electron chi connectivity index (χ0n) is 9.56. The summed E-state index contributed by atoms with van der Waals surface area (Å²) < 4.78 is 0. The first kappa shape index (κ1) is 10.5. The molecular weight excluding hydrogens is 210 g/mol. The van der Waals surface area contributed by atoms with Gasteiger partial charge in [-0.2, -0.15) is 5.48 Å². The highest BCUT2D eigenvalue weighted by Crippen LogP contribution is 2.31. The Kier molecular flexibility index (Phi) is 2.67. The number of nitrogens with one attached hydrogen (secondary N) is 1. The van der Waals surface area contributed by atoms with Crippen molar-refractivity contribution in [2.24, 2.45) is 0 Å². The van der Waals surface area contributed by atoms with Gasteiger partial charge in [-0.15, -0.1) is 0 Å². The third-order valence-corrected chi connectivity index (χ3v) is 3.52. The number of hydrogen-bond acceptors (Lipinski definition) is 2. The fraction of sp³-hybridized carbons (Fsp3) is 0.200. The van der Waals surface area contributed by atoms with Crippen LogP contribution in [0, 0.1) is 0 Å². The first-order valence-corrected chi connectivity index (χ1v) is 5.95. The molecule has 1 aliphatic carbocycles. The summed E-state index contributed by atoms with van der Waals surface area (Å²) in [7, 11) is 0. The second kappa shape index (κ2) is 4.32. The number of hydroxylamine groups is 1. The normalized spacial score (nSPS) is 14.9. The number of rotatable bonds is 1. The summed E-state index contributed by atoms with van der Waals surface area (Å²) in [6.07, 6.45) is 2.07. The van der Waals surface area contributed by atoms with E-state index in [4.69, 9.17) is 0 Å². The van der Waals surface area contributed by atoms with Gasteiger partial charge in [0.2, 0.25) is 0 Å². The van der Waals surface area contributed by atoms with Crippen LogP contribution in [0.1, 0.15) is 28.3 Å². The van der Waals surface area contributed by atoms with Crippen molar-refractivity contribution < 1.29 is 5.21 Å². The van der Waals surface area contributed by atoms with Crippen LogP contribution in [0.2, 0.25) is 0 Å². The topological polar surface area (TPSA) is 32.3 Å². The van der Waals surface area contributed by atoms with Gasteiger partial charge in [0.15, 0.2) is 0 Å². The third-order valence-electron chi connectivity index (χ3n) is 3.52. The molecule has 0 amide bonds. The molecule has 86 valence electrons. The van der Waals surface area contributed by atoms with E-state index < -0.39 is 0 Å². The zero-order valence-corrected chi connectivity index (χ0v) is 9.56. The molecule has 2 aromatic rings. The SMILES string of the molecule is ONC1c2ccccc2CCc2ccccc21. The first-order chi connectivity index (χ1) is 8.40. The number of aryl methyl sites for hydroxylation is 2. The first-order valence-electron chi connectivity index (χ1n) is 5.95. The minimum atomic E-state index is -0.107. The lowest BCUT2D eigenvalue weighted by Crippen LogP contribution is -2.19. The predicted molar refractivity (Wildman–Crippen MR) is 67.1 cm³/mol. The summed E-state index contributed by atoms with van der Waals surface area (Å²) in [4.78, 5) is 0. The summed E-state index contributed by atoms with van der Waals surface area (Å²) >= 11 is 0. The van der Waals surface area contributed by atoms with E-state index in [1.807, 2.05) is 12.1 Å². The molecule has 2 aromatic carbocycles. The van der Waals surface area contributed by atoms with Crippen LogP contribution >= 0.6 is 0 Å². The number of hydrogen-bond donors (Lipinski definition) is 2. The van der Waals surface area contributed by atoms with Gasteiger partial charge in [-0.3, -0.25) is 0 Å². The molecule has 0 atom stereocenters. The van der Waals surface area contributed by atoms with Crippen LogP contribution < -0.4 is 5.48 Å². The van der Waals surface area contributed by atoms with Gasteiger partial charge in [0.1, 0.15) is 0 Å². The lowest BCUT2D eigenvalue weighted by Gasteiger charge is -2.18. The average Bonchev–Trinajstić information content (AvgIpc) is 2.55. The molecule has 17 heavy (non-hydrogen) atoms.